The van der Waals surface area contributed by atoms with E-state index in [9.17, 15) is 13.2 Å². The van der Waals surface area contributed by atoms with E-state index in [0.717, 1.165) is 6.07 Å². The van der Waals surface area contributed by atoms with Gasteiger partial charge in [0, 0.05) is 17.6 Å². The Bertz CT molecular complexity index is 402. The predicted octanol–water partition coefficient (Wildman–Crippen LogP) is 3.13. The number of rotatable bonds is 1. The second-order valence-corrected chi connectivity index (χ2v) is 4.71. The van der Waals surface area contributed by atoms with Gasteiger partial charge in [-0.05, 0) is 17.7 Å². The highest BCUT2D eigenvalue weighted by Crippen LogP contribution is 2.37. The van der Waals surface area contributed by atoms with Crippen LogP contribution < -0.4 is 5.32 Å². The number of halogens is 4. The molecular formula is C11H11BrF3NO. The van der Waals surface area contributed by atoms with Crippen LogP contribution in [0.2, 0.25) is 0 Å². The molecule has 17 heavy (non-hydrogen) atoms. The highest BCUT2D eigenvalue weighted by atomic mass is 79.9. The van der Waals surface area contributed by atoms with Gasteiger partial charge < -0.3 is 10.1 Å². The van der Waals surface area contributed by atoms with Crippen LogP contribution in [0.4, 0.5) is 13.2 Å². The summed E-state index contributed by atoms with van der Waals surface area (Å²) in [5, 5.41) is 3.02. The van der Waals surface area contributed by atoms with E-state index in [-0.39, 0.29) is 5.56 Å². The molecule has 1 aromatic carbocycles. The first-order chi connectivity index (χ1) is 7.98. The minimum Gasteiger partial charge on any atom is -0.371 e. The van der Waals surface area contributed by atoms with Gasteiger partial charge in [-0.2, -0.15) is 13.2 Å². The molecule has 1 N–H and O–H groups in total. The fraction of sp³-hybridized carbons (Fsp3) is 0.455. The Balaban J connectivity index is 2.38. The van der Waals surface area contributed by atoms with E-state index in [4.69, 9.17) is 4.74 Å². The first-order valence-electron chi connectivity index (χ1n) is 5.17. The van der Waals surface area contributed by atoms with Gasteiger partial charge in [0.25, 0.3) is 0 Å². The van der Waals surface area contributed by atoms with Crippen LogP contribution in [0.25, 0.3) is 0 Å². The number of morpholine rings is 1. The van der Waals surface area contributed by atoms with Crippen LogP contribution in [0, 0.1) is 0 Å². The molecule has 0 spiro atoms. The third kappa shape index (κ3) is 3.00. The van der Waals surface area contributed by atoms with Crippen molar-refractivity contribution >= 4 is 15.9 Å². The number of ether oxygens (including phenoxy) is 1. The molecule has 94 valence electrons. The standard InChI is InChI=1S/C11H11BrF3NO/c12-7-1-2-8(9(5-7)11(13,14)15)10-6-16-3-4-17-10/h1-2,5,10,16H,3-4,6H2. The smallest absolute Gasteiger partial charge is 0.371 e. The summed E-state index contributed by atoms with van der Waals surface area (Å²) < 4.78 is 44.4. The average molecular weight is 310 g/mol. The van der Waals surface area contributed by atoms with Gasteiger partial charge in [-0.25, -0.2) is 0 Å². The van der Waals surface area contributed by atoms with Crippen LogP contribution in [0.3, 0.4) is 0 Å². The van der Waals surface area contributed by atoms with Gasteiger partial charge in [0.15, 0.2) is 0 Å². The summed E-state index contributed by atoms with van der Waals surface area (Å²) >= 11 is 3.06. The molecule has 6 heteroatoms. The number of hydrogen-bond acceptors (Lipinski definition) is 2. The SMILES string of the molecule is FC(F)(F)c1cc(Br)ccc1C1CNCCO1. The van der Waals surface area contributed by atoms with Crippen LogP contribution in [0.1, 0.15) is 17.2 Å². The van der Waals surface area contributed by atoms with Crippen LogP contribution in [0.15, 0.2) is 22.7 Å². The molecule has 1 heterocycles. The summed E-state index contributed by atoms with van der Waals surface area (Å²) in [5.74, 6) is 0. The summed E-state index contributed by atoms with van der Waals surface area (Å²) in [6, 6.07) is 4.15. The third-order valence-corrected chi connectivity index (χ3v) is 3.09. The number of alkyl halides is 3. The molecule has 1 aliphatic heterocycles. The topological polar surface area (TPSA) is 21.3 Å². The lowest BCUT2D eigenvalue weighted by atomic mass is 10.0. The van der Waals surface area contributed by atoms with Crippen molar-refractivity contribution < 1.29 is 17.9 Å². The molecule has 1 unspecified atom stereocenters. The molecule has 2 nitrogen and oxygen atoms in total. The lowest BCUT2D eigenvalue weighted by Gasteiger charge is -2.26. The minimum atomic E-state index is -4.36. The number of hydrogen-bond donors (Lipinski definition) is 1. The lowest BCUT2D eigenvalue weighted by molar-refractivity contribution is -0.139. The Labute approximate surface area is 105 Å². The van der Waals surface area contributed by atoms with Gasteiger partial charge in [-0.3, -0.25) is 0 Å². The third-order valence-electron chi connectivity index (χ3n) is 2.60. The highest BCUT2D eigenvalue weighted by molar-refractivity contribution is 9.10. The number of benzene rings is 1. The van der Waals surface area contributed by atoms with E-state index in [1.165, 1.54) is 6.07 Å². The Morgan fingerprint density at radius 1 is 1.35 bits per heavy atom. The van der Waals surface area contributed by atoms with Crippen LogP contribution >= 0.6 is 15.9 Å². The van der Waals surface area contributed by atoms with E-state index >= 15 is 0 Å². The molecule has 1 atom stereocenters. The molecule has 1 saturated heterocycles. The molecular weight excluding hydrogens is 299 g/mol. The van der Waals surface area contributed by atoms with Crippen LogP contribution in [-0.4, -0.2) is 19.7 Å². The quantitative estimate of drug-likeness (QED) is 0.860. The average Bonchev–Trinajstić information content (AvgIpc) is 2.29. The second kappa shape index (κ2) is 4.96. The second-order valence-electron chi connectivity index (χ2n) is 3.79. The Hall–Kier alpha value is -0.590. The van der Waals surface area contributed by atoms with Crippen molar-refractivity contribution in [3.63, 3.8) is 0 Å². The van der Waals surface area contributed by atoms with Crippen molar-refractivity contribution in [3.8, 4) is 0 Å². The molecule has 0 aliphatic carbocycles. The zero-order chi connectivity index (χ0) is 12.5. The maximum absolute atomic E-state index is 12.9. The summed E-state index contributed by atoms with van der Waals surface area (Å²) in [4.78, 5) is 0. The van der Waals surface area contributed by atoms with Gasteiger partial charge in [-0.1, -0.05) is 22.0 Å². The molecule has 0 bridgehead atoms. The van der Waals surface area contributed by atoms with Crippen LogP contribution in [-0.2, 0) is 10.9 Å². The van der Waals surface area contributed by atoms with Crippen molar-refractivity contribution in [2.24, 2.45) is 0 Å². The van der Waals surface area contributed by atoms with E-state index in [1.807, 2.05) is 0 Å². The van der Waals surface area contributed by atoms with Crippen molar-refractivity contribution in [3.05, 3.63) is 33.8 Å². The van der Waals surface area contributed by atoms with Crippen molar-refractivity contribution in [1.29, 1.82) is 0 Å². The first kappa shape index (κ1) is 12.9. The summed E-state index contributed by atoms with van der Waals surface area (Å²) in [6.07, 6.45) is -4.90. The Morgan fingerprint density at radius 2 is 2.12 bits per heavy atom. The van der Waals surface area contributed by atoms with E-state index in [1.54, 1.807) is 6.07 Å². The lowest BCUT2D eigenvalue weighted by Crippen LogP contribution is -2.34. The van der Waals surface area contributed by atoms with Crippen molar-refractivity contribution in [2.45, 2.75) is 12.3 Å². The van der Waals surface area contributed by atoms with Gasteiger partial charge in [0.05, 0.1) is 18.3 Å². The zero-order valence-electron chi connectivity index (χ0n) is 8.85. The molecule has 0 saturated carbocycles. The molecule has 1 fully saturated rings. The van der Waals surface area contributed by atoms with Crippen molar-refractivity contribution in [1.82, 2.24) is 5.32 Å². The molecule has 2 rings (SSSR count). The monoisotopic (exact) mass is 309 g/mol. The zero-order valence-corrected chi connectivity index (χ0v) is 10.4. The Kier molecular flexibility index (Phi) is 3.75. The fourth-order valence-electron chi connectivity index (χ4n) is 1.82. The normalized spacial score (nSPS) is 21.5. The molecule has 0 aromatic heterocycles. The highest BCUT2D eigenvalue weighted by Gasteiger charge is 2.36. The largest absolute Gasteiger partial charge is 0.416 e. The summed E-state index contributed by atoms with van der Waals surface area (Å²) in [6.45, 7) is 1.51. The molecule has 1 aromatic rings. The molecule has 0 radical (unpaired) electrons. The molecule has 0 amide bonds. The summed E-state index contributed by atoms with van der Waals surface area (Å²) in [5.41, 5.74) is -0.450. The maximum atomic E-state index is 12.9. The van der Waals surface area contributed by atoms with Gasteiger partial charge in [0.2, 0.25) is 0 Å². The van der Waals surface area contributed by atoms with Gasteiger partial charge in [0.1, 0.15) is 0 Å². The van der Waals surface area contributed by atoms with E-state index in [0.29, 0.717) is 24.2 Å². The number of nitrogens with one attached hydrogen (secondary N) is 1. The Morgan fingerprint density at radius 3 is 2.71 bits per heavy atom. The van der Waals surface area contributed by atoms with Gasteiger partial charge in [-0.15, -0.1) is 0 Å². The van der Waals surface area contributed by atoms with E-state index in [2.05, 4.69) is 21.2 Å². The first-order valence-corrected chi connectivity index (χ1v) is 5.97. The van der Waals surface area contributed by atoms with Crippen molar-refractivity contribution in [2.75, 3.05) is 19.7 Å². The minimum absolute atomic E-state index is 0.188. The predicted molar refractivity (Wildman–Crippen MR) is 60.7 cm³/mol. The summed E-state index contributed by atoms with van der Waals surface area (Å²) in [7, 11) is 0. The maximum Gasteiger partial charge on any atom is 0.416 e. The van der Waals surface area contributed by atoms with E-state index < -0.39 is 17.8 Å². The van der Waals surface area contributed by atoms with Gasteiger partial charge >= 0.3 is 6.18 Å². The molecule has 1 aliphatic rings. The fourth-order valence-corrected chi connectivity index (χ4v) is 2.18. The van der Waals surface area contributed by atoms with Crippen LogP contribution in [0.5, 0.6) is 0 Å².